The van der Waals surface area contributed by atoms with E-state index >= 15 is 0 Å². The number of nitrogens with two attached hydrogens (primary N) is 1. The molecule has 2 N–H and O–H groups in total. The van der Waals surface area contributed by atoms with E-state index in [2.05, 4.69) is 0 Å². The Bertz CT molecular complexity index is 640. The average Bonchev–Trinajstić information content (AvgIpc) is 2.53. The van der Waals surface area contributed by atoms with Crippen LogP contribution >= 0.6 is 0 Å². The van der Waals surface area contributed by atoms with Crippen LogP contribution in [0.2, 0.25) is 0 Å². The van der Waals surface area contributed by atoms with Crippen LogP contribution in [0.4, 0.5) is 5.69 Å². The van der Waals surface area contributed by atoms with Crippen molar-refractivity contribution in [2.75, 3.05) is 20.0 Å². The molecule has 21 heavy (non-hydrogen) atoms. The van der Waals surface area contributed by atoms with Crippen LogP contribution in [0.25, 0.3) is 0 Å². The normalized spacial score (nSPS) is 10.0. The summed E-state index contributed by atoms with van der Waals surface area (Å²) in [6, 6.07) is 12.4. The van der Waals surface area contributed by atoms with E-state index in [1.165, 1.54) is 13.2 Å². The number of carbonyl (C=O) groups is 1. The fourth-order valence-electron chi connectivity index (χ4n) is 1.87. The first-order valence-corrected chi connectivity index (χ1v) is 6.37. The second kappa shape index (κ2) is 6.65. The zero-order valence-electron chi connectivity index (χ0n) is 12.0. The predicted octanol–water partition coefficient (Wildman–Crippen LogP) is 2.64. The maximum absolute atomic E-state index is 11.7. The Kier molecular flexibility index (Phi) is 4.66. The van der Waals surface area contributed by atoms with Gasteiger partial charge in [0.15, 0.2) is 0 Å². The molecule has 0 heterocycles. The van der Waals surface area contributed by atoms with Gasteiger partial charge in [0.05, 0.1) is 14.2 Å². The van der Waals surface area contributed by atoms with E-state index in [1.807, 2.05) is 24.3 Å². The Morgan fingerprint density at radius 2 is 1.95 bits per heavy atom. The van der Waals surface area contributed by atoms with E-state index in [0.29, 0.717) is 23.6 Å². The molecule has 0 spiro atoms. The van der Waals surface area contributed by atoms with Crippen LogP contribution in [0.1, 0.15) is 15.9 Å². The highest BCUT2D eigenvalue weighted by atomic mass is 16.5. The summed E-state index contributed by atoms with van der Waals surface area (Å²) in [5.41, 5.74) is 7.40. The lowest BCUT2D eigenvalue weighted by atomic mass is 10.1. The first-order valence-electron chi connectivity index (χ1n) is 6.37. The lowest BCUT2D eigenvalue weighted by Gasteiger charge is -2.11. The number of hydrogen-bond donors (Lipinski definition) is 1. The largest absolute Gasteiger partial charge is 0.497 e. The minimum absolute atomic E-state index is 0.306. The molecule has 0 saturated heterocycles. The third-order valence-electron chi connectivity index (χ3n) is 2.94. The van der Waals surface area contributed by atoms with E-state index in [9.17, 15) is 4.79 Å². The molecule has 110 valence electrons. The Hall–Kier alpha value is -2.69. The summed E-state index contributed by atoms with van der Waals surface area (Å²) in [6.07, 6.45) is 0. The van der Waals surface area contributed by atoms with E-state index in [4.69, 9.17) is 19.9 Å². The maximum Gasteiger partial charge on any atom is 0.341 e. The van der Waals surface area contributed by atoms with Crippen molar-refractivity contribution < 1.29 is 19.0 Å². The fourth-order valence-corrected chi connectivity index (χ4v) is 1.87. The van der Waals surface area contributed by atoms with Gasteiger partial charge in [0.2, 0.25) is 0 Å². The fraction of sp³-hybridized carbons (Fsp3) is 0.188. The maximum atomic E-state index is 11.7. The first kappa shape index (κ1) is 14.7. The summed E-state index contributed by atoms with van der Waals surface area (Å²) in [7, 11) is 2.92. The molecule has 0 radical (unpaired) electrons. The van der Waals surface area contributed by atoms with Crippen LogP contribution in [0, 0.1) is 0 Å². The van der Waals surface area contributed by atoms with Gasteiger partial charge in [-0.3, -0.25) is 0 Å². The quantitative estimate of drug-likeness (QED) is 0.676. The summed E-state index contributed by atoms with van der Waals surface area (Å²) < 4.78 is 15.6. The van der Waals surface area contributed by atoms with Crippen molar-refractivity contribution in [2.45, 2.75) is 6.61 Å². The molecule has 5 heteroatoms. The highest BCUT2D eigenvalue weighted by Gasteiger charge is 2.13. The molecule has 0 aliphatic carbocycles. The van der Waals surface area contributed by atoms with Crippen LogP contribution < -0.4 is 15.2 Å². The molecule has 2 aromatic rings. The summed E-state index contributed by atoms with van der Waals surface area (Å²) in [6.45, 7) is 0.311. The number of carbonyl (C=O) groups excluding carboxylic acids is 1. The molecule has 0 bridgehead atoms. The minimum atomic E-state index is -0.483. The number of ether oxygens (including phenoxy) is 3. The number of anilines is 1. The van der Waals surface area contributed by atoms with Gasteiger partial charge >= 0.3 is 5.97 Å². The lowest BCUT2D eigenvalue weighted by molar-refractivity contribution is 0.0595. The highest BCUT2D eigenvalue weighted by Crippen LogP contribution is 2.24. The average molecular weight is 287 g/mol. The molecule has 2 aromatic carbocycles. The van der Waals surface area contributed by atoms with Crippen molar-refractivity contribution in [1.29, 1.82) is 0 Å². The number of rotatable bonds is 5. The van der Waals surface area contributed by atoms with Crippen molar-refractivity contribution in [3.63, 3.8) is 0 Å². The third-order valence-corrected chi connectivity index (χ3v) is 2.94. The van der Waals surface area contributed by atoms with E-state index < -0.39 is 5.97 Å². The van der Waals surface area contributed by atoms with Crippen molar-refractivity contribution in [1.82, 2.24) is 0 Å². The standard InChI is InChI=1S/C16H17NO4/c1-19-13-5-3-4-11(8-13)10-21-15-7-6-12(17)9-14(15)16(18)20-2/h3-9H,10,17H2,1-2H3. The molecule has 0 aliphatic rings. The Morgan fingerprint density at radius 1 is 1.14 bits per heavy atom. The molecule has 0 unspecified atom stereocenters. The molecule has 0 aliphatic heterocycles. The minimum Gasteiger partial charge on any atom is -0.497 e. The van der Waals surface area contributed by atoms with Gasteiger partial charge in [-0.1, -0.05) is 12.1 Å². The Morgan fingerprint density at radius 3 is 2.67 bits per heavy atom. The van der Waals surface area contributed by atoms with Crippen molar-refractivity contribution >= 4 is 11.7 Å². The van der Waals surface area contributed by atoms with E-state index in [-0.39, 0.29) is 0 Å². The summed E-state index contributed by atoms with van der Waals surface area (Å²) >= 11 is 0. The zero-order chi connectivity index (χ0) is 15.2. The molecule has 0 saturated carbocycles. The molecule has 0 fully saturated rings. The Labute approximate surface area is 123 Å². The van der Waals surface area contributed by atoms with Crippen molar-refractivity contribution in [3.05, 3.63) is 53.6 Å². The second-order valence-electron chi connectivity index (χ2n) is 4.39. The van der Waals surface area contributed by atoms with Gasteiger partial charge in [-0.25, -0.2) is 4.79 Å². The first-order chi connectivity index (χ1) is 10.1. The molecule has 0 amide bonds. The van der Waals surface area contributed by atoms with Crippen LogP contribution in [-0.2, 0) is 11.3 Å². The summed E-state index contributed by atoms with van der Waals surface area (Å²) in [4.78, 5) is 11.7. The van der Waals surface area contributed by atoms with Crippen molar-refractivity contribution in [3.8, 4) is 11.5 Å². The summed E-state index contributed by atoms with van der Waals surface area (Å²) in [5.74, 6) is 0.698. The SMILES string of the molecule is COC(=O)c1cc(N)ccc1OCc1cccc(OC)c1. The molecular formula is C16H17NO4. The van der Waals surface area contributed by atoms with Gasteiger partial charge in [-0.2, -0.15) is 0 Å². The van der Waals surface area contributed by atoms with Gasteiger partial charge in [0.25, 0.3) is 0 Å². The number of hydrogen-bond acceptors (Lipinski definition) is 5. The predicted molar refractivity (Wildman–Crippen MR) is 79.5 cm³/mol. The van der Waals surface area contributed by atoms with Gasteiger partial charge in [-0.05, 0) is 35.9 Å². The number of benzene rings is 2. The van der Waals surface area contributed by atoms with Crippen LogP contribution in [0.15, 0.2) is 42.5 Å². The van der Waals surface area contributed by atoms with Gasteiger partial charge in [0, 0.05) is 5.69 Å². The molecule has 0 atom stereocenters. The lowest BCUT2D eigenvalue weighted by Crippen LogP contribution is -2.06. The van der Waals surface area contributed by atoms with Crippen LogP contribution in [0.3, 0.4) is 0 Å². The van der Waals surface area contributed by atoms with Gasteiger partial charge < -0.3 is 19.9 Å². The zero-order valence-corrected chi connectivity index (χ0v) is 12.0. The highest BCUT2D eigenvalue weighted by molar-refractivity contribution is 5.93. The smallest absolute Gasteiger partial charge is 0.341 e. The van der Waals surface area contributed by atoms with Gasteiger partial charge in [0.1, 0.15) is 23.7 Å². The molecule has 5 nitrogen and oxygen atoms in total. The van der Waals surface area contributed by atoms with Crippen LogP contribution in [0.5, 0.6) is 11.5 Å². The third kappa shape index (κ3) is 3.66. The van der Waals surface area contributed by atoms with E-state index in [0.717, 1.165) is 11.3 Å². The topological polar surface area (TPSA) is 70.8 Å². The van der Waals surface area contributed by atoms with Crippen molar-refractivity contribution in [2.24, 2.45) is 0 Å². The monoisotopic (exact) mass is 287 g/mol. The molecule has 2 rings (SSSR count). The summed E-state index contributed by atoms with van der Waals surface area (Å²) in [5, 5.41) is 0. The number of esters is 1. The van der Waals surface area contributed by atoms with E-state index in [1.54, 1.807) is 19.2 Å². The molecular weight excluding hydrogens is 270 g/mol. The number of methoxy groups -OCH3 is 2. The second-order valence-corrected chi connectivity index (χ2v) is 4.39. The number of nitrogen functional groups attached to an aromatic ring is 1. The van der Waals surface area contributed by atoms with Crippen LogP contribution in [-0.4, -0.2) is 20.2 Å². The molecule has 0 aromatic heterocycles. The Balaban J connectivity index is 2.17. The van der Waals surface area contributed by atoms with Gasteiger partial charge in [-0.15, -0.1) is 0 Å².